The van der Waals surface area contributed by atoms with E-state index in [-0.39, 0.29) is 17.0 Å². The van der Waals surface area contributed by atoms with Gasteiger partial charge in [0.25, 0.3) is 0 Å². The quantitative estimate of drug-likeness (QED) is 0.897. The van der Waals surface area contributed by atoms with Crippen LogP contribution in [0.3, 0.4) is 0 Å². The summed E-state index contributed by atoms with van der Waals surface area (Å²) in [6.45, 7) is 3.99. The van der Waals surface area contributed by atoms with Crippen LogP contribution in [0.4, 0.5) is 10.5 Å². The van der Waals surface area contributed by atoms with E-state index in [1.165, 1.54) is 12.5 Å². The van der Waals surface area contributed by atoms with Crippen LogP contribution in [0.25, 0.3) is 0 Å². The third-order valence-electron chi connectivity index (χ3n) is 4.31. The third-order valence-corrected chi connectivity index (χ3v) is 5.42. The number of amides is 2. The van der Waals surface area contributed by atoms with Crippen molar-refractivity contribution in [3.8, 4) is 0 Å². The number of carbonyl (C=O) groups excluding carboxylic acids is 1. The van der Waals surface area contributed by atoms with Crippen LogP contribution in [0.15, 0.2) is 23.1 Å². The highest BCUT2D eigenvalue weighted by atomic mass is 32.2. The normalized spacial score (nSPS) is 22.1. The Labute approximate surface area is 132 Å². The Bertz CT molecular complexity index is 655. The first-order chi connectivity index (χ1) is 10.3. The number of anilines is 1. The molecule has 2 atom stereocenters. The highest BCUT2D eigenvalue weighted by Gasteiger charge is 2.23. The lowest BCUT2D eigenvalue weighted by Gasteiger charge is -2.29. The van der Waals surface area contributed by atoms with E-state index >= 15 is 0 Å². The standard InChI is InChI=1S/C16H24N2O3S/c1-11-6-4-5-7-14(11)17-16(19)18-15-10-13(22(3,20)21)9-8-12(15)2/h8-11,14H,4-7H2,1-3H3,(H2,17,18,19)/t11-,14+/m1/s1. The Balaban J connectivity index is 2.08. The Hall–Kier alpha value is -1.56. The first-order valence-corrected chi connectivity index (χ1v) is 9.55. The molecule has 1 aliphatic rings. The first kappa shape index (κ1) is 16.8. The minimum Gasteiger partial charge on any atom is -0.335 e. The maximum atomic E-state index is 12.2. The summed E-state index contributed by atoms with van der Waals surface area (Å²) in [5.41, 5.74) is 1.36. The fourth-order valence-electron chi connectivity index (χ4n) is 2.82. The zero-order valence-electron chi connectivity index (χ0n) is 13.3. The predicted molar refractivity (Wildman–Crippen MR) is 87.9 cm³/mol. The number of rotatable bonds is 3. The van der Waals surface area contributed by atoms with Crippen molar-refractivity contribution in [1.29, 1.82) is 0 Å². The van der Waals surface area contributed by atoms with Gasteiger partial charge in [-0.15, -0.1) is 0 Å². The van der Waals surface area contributed by atoms with Gasteiger partial charge in [-0.25, -0.2) is 13.2 Å². The molecule has 2 amide bonds. The molecule has 0 heterocycles. The van der Waals surface area contributed by atoms with Gasteiger partial charge in [0.05, 0.1) is 4.90 Å². The van der Waals surface area contributed by atoms with Crippen molar-refractivity contribution < 1.29 is 13.2 Å². The number of urea groups is 1. The van der Waals surface area contributed by atoms with Crippen molar-refractivity contribution in [3.63, 3.8) is 0 Å². The summed E-state index contributed by atoms with van der Waals surface area (Å²) >= 11 is 0. The molecular formula is C16H24N2O3S. The molecule has 2 rings (SSSR count). The Morgan fingerprint density at radius 1 is 1.23 bits per heavy atom. The van der Waals surface area contributed by atoms with E-state index in [4.69, 9.17) is 0 Å². The molecule has 1 saturated carbocycles. The van der Waals surface area contributed by atoms with E-state index in [9.17, 15) is 13.2 Å². The van der Waals surface area contributed by atoms with Gasteiger partial charge >= 0.3 is 6.03 Å². The summed E-state index contributed by atoms with van der Waals surface area (Å²) in [6, 6.07) is 4.68. The Morgan fingerprint density at radius 3 is 2.55 bits per heavy atom. The van der Waals surface area contributed by atoms with Crippen molar-refractivity contribution in [1.82, 2.24) is 5.32 Å². The summed E-state index contributed by atoms with van der Waals surface area (Å²) in [7, 11) is -3.29. The molecule has 0 radical (unpaired) electrons. The number of nitrogens with one attached hydrogen (secondary N) is 2. The van der Waals surface area contributed by atoms with Gasteiger partial charge in [0.2, 0.25) is 0 Å². The average molecular weight is 324 g/mol. The summed E-state index contributed by atoms with van der Waals surface area (Å²) in [4.78, 5) is 12.4. The van der Waals surface area contributed by atoms with E-state index in [0.29, 0.717) is 11.6 Å². The smallest absolute Gasteiger partial charge is 0.319 e. The lowest BCUT2D eigenvalue weighted by molar-refractivity contribution is 0.232. The van der Waals surface area contributed by atoms with Gasteiger partial charge in [0.1, 0.15) is 0 Å². The molecular weight excluding hydrogens is 300 g/mol. The summed E-state index contributed by atoms with van der Waals surface area (Å²) in [5, 5.41) is 5.78. The van der Waals surface area contributed by atoms with Crippen LogP contribution in [-0.2, 0) is 9.84 Å². The van der Waals surface area contributed by atoms with E-state index < -0.39 is 9.84 Å². The minimum atomic E-state index is -3.29. The number of sulfone groups is 1. The minimum absolute atomic E-state index is 0.187. The van der Waals surface area contributed by atoms with Crippen LogP contribution in [0.5, 0.6) is 0 Å². The molecule has 22 heavy (non-hydrogen) atoms. The molecule has 0 bridgehead atoms. The van der Waals surface area contributed by atoms with Crippen molar-refractivity contribution in [3.05, 3.63) is 23.8 Å². The zero-order chi connectivity index (χ0) is 16.3. The first-order valence-electron chi connectivity index (χ1n) is 7.65. The lowest BCUT2D eigenvalue weighted by Crippen LogP contribution is -2.43. The molecule has 1 fully saturated rings. The number of aryl methyl sites for hydroxylation is 1. The topological polar surface area (TPSA) is 75.3 Å². The van der Waals surface area contributed by atoms with Crippen LogP contribution in [0.2, 0.25) is 0 Å². The van der Waals surface area contributed by atoms with Crippen molar-refractivity contribution in [2.45, 2.75) is 50.5 Å². The van der Waals surface area contributed by atoms with Gasteiger partial charge in [-0.3, -0.25) is 0 Å². The monoisotopic (exact) mass is 324 g/mol. The number of hydrogen-bond donors (Lipinski definition) is 2. The summed E-state index contributed by atoms with van der Waals surface area (Å²) in [6.07, 6.45) is 5.64. The van der Waals surface area contributed by atoms with E-state index in [0.717, 1.165) is 31.1 Å². The molecule has 6 heteroatoms. The van der Waals surface area contributed by atoms with Gasteiger partial charge < -0.3 is 10.6 Å². The number of hydrogen-bond acceptors (Lipinski definition) is 3. The SMILES string of the molecule is Cc1ccc(S(C)(=O)=O)cc1NC(=O)N[C@H]1CCCC[C@H]1C. The van der Waals surface area contributed by atoms with Crippen LogP contribution in [-0.4, -0.2) is 26.7 Å². The molecule has 0 spiro atoms. The molecule has 0 aromatic heterocycles. The summed E-state index contributed by atoms with van der Waals surface area (Å²) in [5.74, 6) is 0.475. The van der Waals surface area contributed by atoms with E-state index in [1.807, 2.05) is 6.92 Å². The lowest BCUT2D eigenvalue weighted by atomic mass is 9.86. The van der Waals surface area contributed by atoms with E-state index in [2.05, 4.69) is 17.6 Å². The van der Waals surface area contributed by atoms with Gasteiger partial charge in [0.15, 0.2) is 9.84 Å². The van der Waals surface area contributed by atoms with Crippen LogP contribution in [0, 0.1) is 12.8 Å². The Kier molecular flexibility index (Phi) is 5.11. The highest BCUT2D eigenvalue weighted by molar-refractivity contribution is 7.90. The van der Waals surface area contributed by atoms with Crippen molar-refractivity contribution in [2.24, 2.45) is 5.92 Å². The molecule has 1 aliphatic carbocycles. The van der Waals surface area contributed by atoms with Crippen molar-refractivity contribution >= 4 is 21.6 Å². The largest absolute Gasteiger partial charge is 0.335 e. The fourth-order valence-corrected chi connectivity index (χ4v) is 3.47. The highest BCUT2D eigenvalue weighted by Crippen LogP contribution is 2.24. The van der Waals surface area contributed by atoms with Crippen LogP contribution in [0.1, 0.15) is 38.2 Å². The molecule has 1 aromatic carbocycles. The second kappa shape index (κ2) is 6.69. The molecule has 2 N–H and O–H groups in total. The second-order valence-corrected chi connectivity index (χ2v) is 8.23. The van der Waals surface area contributed by atoms with Gasteiger partial charge in [-0.05, 0) is 43.4 Å². The summed E-state index contributed by atoms with van der Waals surface area (Å²) < 4.78 is 23.2. The number of carbonyl (C=O) groups is 1. The second-order valence-electron chi connectivity index (χ2n) is 6.22. The molecule has 1 aromatic rings. The maximum absolute atomic E-state index is 12.2. The number of benzene rings is 1. The van der Waals surface area contributed by atoms with Gasteiger partial charge in [-0.2, -0.15) is 0 Å². The fraction of sp³-hybridized carbons (Fsp3) is 0.562. The van der Waals surface area contributed by atoms with E-state index in [1.54, 1.807) is 12.1 Å². The van der Waals surface area contributed by atoms with Crippen molar-refractivity contribution in [2.75, 3.05) is 11.6 Å². The van der Waals surface area contributed by atoms with Crippen LogP contribution >= 0.6 is 0 Å². The van der Waals surface area contributed by atoms with Gasteiger partial charge in [0, 0.05) is 18.0 Å². The average Bonchev–Trinajstić information content (AvgIpc) is 2.42. The molecule has 5 nitrogen and oxygen atoms in total. The third kappa shape index (κ3) is 4.22. The molecule has 122 valence electrons. The van der Waals surface area contributed by atoms with Crippen LogP contribution < -0.4 is 10.6 Å². The molecule has 0 unspecified atom stereocenters. The maximum Gasteiger partial charge on any atom is 0.319 e. The van der Waals surface area contributed by atoms with Gasteiger partial charge in [-0.1, -0.05) is 25.8 Å². The molecule has 0 aliphatic heterocycles. The Morgan fingerprint density at radius 2 is 1.91 bits per heavy atom. The molecule has 0 saturated heterocycles. The predicted octanol–water partition coefficient (Wildman–Crippen LogP) is 3.10. The zero-order valence-corrected chi connectivity index (χ0v) is 14.2.